The van der Waals surface area contributed by atoms with Gasteiger partial charge in [-0.2, -0.15) is 0 Å². The molecule has 0 radical (unpaired) electrons. The maximum atomic E-state index is 14.0. The summed E-state index contributed by atoms with van der Waals surface area (Å²) >= 11 is 1.22. The first-order chi connectivity index (χ1) is 14.6. The summed E-state index contributed by atoms with van der Waals surface area (Å²) in [6.45, 7) is 6.34. The molecule has 1 unspecified atom stereocenters. The molecule has 1 aliphatic rings. The molecule has 2 aromatic carbocycles. The number of nitrogens with one attached hydrogen (secondary N) is 1. The van der Waals surface area contributed by atoms with Gasteiger partial charge in [-0.1, -0.05) is 32.9 Å². The lowest BCUT2D eigenvalue weighted by atomic mass is 9.85. The molecule has 1 atom stereocenters. The van der Waals surface area contributed by atoms with Gasteiger partial charge in [-0.15, -0.1) is 11.3 Å². The van der Waals surface area contributed by atoms with Gasteiger partial charge in [-0.25, -0.2) is 9.37 Å². The van der Waals surface area contributed by atoms with Gasteiger partial charge in [-0.3, -0.25) is 14.9 Å². The van der Waals surface area contributed by atoms with Crippen LogP contribution in [-0.4, -0.2) is 26.8 Å². The number of anilines is 1. The van der Waals surface area contributed by atoms with Gasteiger partial charge in [0.05, 0.1) is 0 Å². The van der Waals surface area contributed by atoms with E-state index in [1.807, 2.05) is 18.2 Å². The number of nitrogens with zero attached hydrogens (tertiary/aromatic N) is 2. The molecule has 8 heteroatoms. The summed E-state index contributed by atoms with van der Waals surface area (Å²) in [7, 11) is 0. The molecule has 160 valence electrons. The van der Waals surface area contributed by atoms with Crippen LogP contribution in [0.1, 0.15) is 53.9 Å². The lowest BCUT2D eigenvalue weighted by Gasteiger charge is -2.27. The molecule has 0 aliphatic carbocycles. The van der Waals surface area contributed by atoms with E-state index in [-0.39, 0.29) is 29.2 Å². The number of hydrogen-bond donors (Lipinski definition) is 2. The molecule has 2 heterocycles. The first-order valence-corrected chi connectivity index (χ1v) is 10.7. The fraction of sp³-hybridized carbons (Fsp3) is 0.261. The Morgan fingerprint density at radius 3 is 2.71 bits per heavy atom. The third-order valence-electron chi connectivity index (χ3n) is 5.31. The van der Waals surface area contributed by atoms with Crippen molar-refractivity contribution in [3.8, 4) is 5.75 Å². The van der Waals surface area contributed by atoms with Crippen LogP contribution < -0.4 is 5.32 Å². The lowest BCUT2D eigenvalue weighted by molar-refractivity contribution is -0.120. The van der Waals surface area contributed by atoms with Crippen LogP contribution in [-0.2, 0) is 16.8 Å². The van der Waals surface area contributed by atoms with Gasteiger partial charge in [0.2, 0.25) is 0 Å². The van der Waals surface area contributed by atoms with Gasteiger partial charge in [0.25, 0.3) is 11.8 Å². The summed E-state index contributed by atoms with van der Waals surface area (Å²) in [6, 6.07) is 7.84. The molecule has 0 saturated carbocycles. The van der Waals surface area contributed by atoms with Crippen LogP contribution in [0.25, 0.3) is 0 Å². The maximum Gasteiger partial charge on any atom is 0.255 e. The van der Waals surface area contributed by atoms with E-state index in [0.29, 0.717) is 10.7 Å². The van der Waals surface area contributed by atoms with E-state index in [4.69, 9.17) is 0 Å². The Morgan fingerprint density at radius 1 is 1.26 bits per heavy atom. The van der Waals surface area contributed by atoms with E-state index in [1.54, 1.807) is 11.6 Å². The highest BCUT2D eigenvalue weighted by Gasteiger charge is 2.39. The van der Waals surface area contributed by atoms with E-state index < -0.39 is 17.8 Å². The number of carbonyl (C=O) groups excluding carboxylic acids is 2. The first-order valence-electron chi connectivity index (χ1n) is 9.78. The smallest absolute Gasteiger partial charge is 0.255 e. The van der Waals surface area contributed by atoms with E-state index >= 15 is 0 Å². The maximum absolute atomic E-state index is 14.0. The summed E-state index contributed by atoms with van der Waals surface area (Å²) in [6.07, 6.45) is 1.54. The average molecular weight is 440 g/mol. The monoisotopic (exact) mass is 439 g/mol. The van der Waals surface area contributed by atoms with Crippen molar-refractivity contribution in [3.05, 3.63) is 76.0 Å². The molecule has 0 bridgehead atoms. The second-order valence-electron chi connectivity index (χ2n) is 8.49. The van der Waals surface area contributed by atoms with Crippen LogP contribution in [0.5, 0.6) is 5.75 Å². The number of phenols is 1. The van der Waals surface area contributed by atoms with E-state index in [9.17, 15) is 19.1 Å². The molecule has 1 aromatic heterocycles. The molecule has 3 aromatic rings. The fourth-order valence-electron chi connectivity index (χ4n) is 3.65. The molecule has 31 heavy (non-hydrogen) atoms. The highest BCUT2D eigenvalue weighted by molar-refractivity contribution is 7.13. The number of aromatic hydroxyl groups is 1. The molecule has 2 N–H and O–H groups in total. The van der Waals surface area contributed by atoms with E-state index in [1.165, 1.54) is 22.3 Å². The Bertz CT molecular complexity index is 1160. The predicted molar refractivity (Wildman–Crippen MR) is 117 cm³/mol. The van der Waals surface area contributed by atoms with Crippen LogP contribution in [0, 0.1) is 5.82 Å². The Labute approximate surface area is 183 Å². The number of benzene rings is 2. The topological polar surface area (TPSA) is 82.5 Å². The van der Waals surface area contributed by atoms with Crippen molar-refractivity contribution in [2.75, 3.05) is 5.32 Å². The number of aromatic nitrogens is 1. The minimum absolute atomic E-state index is 0.0197. The predicted octanol–water partition coefficient (Wildman–Crippen LogP) is 4.62. The normalized spacial score (nSPS) is 14.5. The third-order valence-corrected chi connectivity index (χ3v) is 6.00. The van der Waals surface area contributed by atoms with Gasteiger partial charge in [-0.05, 0) is 40.8 Å². The fourth-order valence-corrected chi connectivity index (χ4v) is 4.18. The molecule has 1 aliphatic heterocycles. The molecule has 0 spiro atoms. The van der Waals surface area contributed by atoms with Crippen molar-refractivity contribution in [1.29, 1.82) is 0 Å². The van der Waals surface area contributed by atoms with Gasteiger partial charge in [0.1, 0.15) is 17.6 Å². The zero-order chi connectivity index (χ0) is 22.3. The summed E-state index contributed by atoms with van der Waals surface area (Å²) in [5.74, 6) is -1.80. The Balaban J connectivity index is 1.75. The van der Waals surface area contributed by atoms with Crippen LogP contribution in [0.4, 0.5) is 9.52 Å². The summed E-state index contributed by atoms with van der Waals surface area (Å²) in [4.78, 5) is 32.0. The number of thiazole rings is 1. The van der Waals surface area contributed by atoms with Crippen LogP contribution in [0.15, 0.2) is 48.0 Å². The Kier molecular flexibility index (Phi) is 5.26. The molecule has 0 saturated heterocycles. The molecular formula is C23H22FN3O3S. The summed E-state index contributed by atoms with van der Waals surface area (Å²) in [5.41, 5.74) is 2.16. The molecular weight excluding hydrogens is 417 g/mol. The minimum Gasteiger partial charge on any atom is -0.508 e. The quantitative estimate of drug-likeness (QED) is 0.621. The average Bonchev–Trinajstić information content (AvgIpc) is 3.32. The summed E-state index contributed by atoms with van der Waals surface area (Å²) in [5, 5.41) is 15.1. The number of carbonyl (C=O) groups is 2. The third kappa shape index (κ3) is 4.03. The molecule has 6 nitrogen and oxygen atoms in total. The Morgan fingerprint density at radius 2 is 2.03 bits per heavy atom. The highest BCUT2D eigenvalue weighted by atomic mass is 32.1. The van der Waals surface area contributed by atoms with Crippen LogP contribution >= 0.6 is 11.3 Å². The van der Waals surface area contributed by atoms with Gasteiger partial charge < -0.3 is 10.0 Å². The number of phenolic OH excluding ortho intramolecular Hbond substituents is 1. The van der Waals surface area contributed by atoms with Gasteiger partial charge in [0, 0.05) is 29.2 Å². The number of fused-ring (bicyclic) bond motifs is 1. The van der Waals surface area contributed by atoms with Crippen molar-refractivity contribution in [3.63, 3.8) is 0 Å². The van der Waals surface area contributed by atoms with Crippen molar-refractivity contribution >= 4 is 28.3 Å². The van der Waals surface area contributed by atoms with Crippen molar-refractivity contribution in [2.45, 2.75) is 38.8 Å². The van der Waals surface area contributed by atoms with Crippen molar-refractivity contribution in [2.24, 2.45) is 0 Å². The number of amides is 2. The van der Waals surface area contributed by atoms with Crippen molar-refractivity contribution < 1.29 is 19.1 Å². The second-order valence-corrected chi connectivity index (χ2v) is 9.38. The largest absolute Gasteiger partial charge is 0.508 e. The van der Waals surface area contributed by atoms with E-state index in [2.05, 4.69) is 31.1 Å². The molecule has 2 amide bonds. The molecule has 0 fully saturated rings. The van der Waals surface area contributed by atoms with E-state index in [0.717, 1.165) is 23.3 Å². The first kappa shape index (κ1) is 21.0. The standard InChI is InChI=1S/C23H22FN3O3S/c1-23(2,3)14-5-4-13-12-27(21(30)16(13)10-14)19(17-11-15(24)6-7-18(17)28)20(29)26-22-25-8-9-31-22/h4-11,19,28H,12H2,1-3H3,(H,25,26,29). The van der Waals surface area contributed by atoms with Gasteiger partial charge in [0.15, 0.2) is 5.13 Å². The van der Waals surface area contributed by atoms with Crippen LogP contribution in [0.3, 0.4) is 0 Å². The molecule has 4 rings (SSSR count). The highest BCUT2D eigenvalue weighted by Crippen LogP contribution is 2.37. The number of rotatable bonds is 4. The SMILES string of the molecule is CC(C)(C)c1ccc2c(c1)C(=O)N(C(C(=O)Nc1nccs1)c1cc(F)ccc1O)C2. The van der Waals surface area contributed by atoms with Crippen LogP contribution in [0.2, 0.25) is 0 Å². The number of hydrogen-bond acceptors (Lipinski definition) is 5. The van der Waals surface area contributed by atoms with Crippen molar-refractivity contribution in [1.82, 2.24) is 9.88 Å². The zero-order valence-corrected chi connectivity index (χ0v) is 18.2. The second kappa shape index (κ2) is 7.77. The number of halogens is 1. The zero-order valence-electron chi connectivity index (χ0n) is 17.3. The minimum atomic E-state index is -1.22. The lowest BCUT2D eigenvalue weighted by Crippen LogP contribution is -2.37. The Hall–Kier alpha value is -3.26. The summed E-state index contributed by atoms with van der Waals surface area (Å²) < 4.78 is 14.0. The van der Waals surface area contributed by atoms with Gasteiger partial charge >= 0.3 is 0 Å².